The number of H-pyrrole nitrogens is 1. The Hall–Kier alpha value is -3.28. The lowest BCUT2D eigenvalue weighted by Crippen LogP contribution is -2.26. The van der Waals surface area contributed by atoms with Gasteiger partial charge in [-0.25, -0.2) is 4.98 Å². The molecule has 1 aliphatic rings. The molecule has 0 spiro atoms. The molecule has 1 aromatic heterocycles. The lowest BCUT2D eigenvalue weighted by Gasteiger charge is -2.22. The van der Waals surface area contributed by atoms with Crippen LogP contribution in [0.25, 0.3) is 0 Å². The topological polar surface area (TPSA) is 61.5 Å². The number of carbonyl (C=O) groups is 1. The molecule has 1 aliphatic heterocycles. The fraction of sp³-hybridized carbons (Fsp3) is 0.304. The maximum Gasteiger partial charge on any atom is 0.226 e. The predicted octanol–water partition coefficient (Wildman–Crippen LogP) is 3.79. The maximum atomic E-state index is 12.6. The summed E-state index contributed by atoms with van der Waals surface area (Å²) in [5, 5.41) is 0. The Morgan fingerprint density at radius 3 is 2.90 bits per heavy atom. The molecule has 1 amide bonds. The van der Waals surface area contributed by atoms with Crippen molar-refractivity contribution in [3.05, 3.63) is 72.3 Å². The molecular formula is C23H26N4O2. The van der Waals surface area contributed by atoms with Gasteiger partial charge in [0.15, 0.2) is 0 Å². The number of imidazole rings is 1. The van der Waals surface area contributed by atoms with E-state index in [1.165, 1.54) is 11.3 Å². The third kappa shape index (κ3) is 4.59. The van der Waals surface area contributed by atoms with Crippen molar-refractivity contribution >= 4 is 17.3 Å². The van der Waals surface area contributed by atoms with Gasteiger partial charge < -0.3 is 19.5 Å². The molecular weight excluding hydrogens is 364 g/mol. The molecule has 6 heteroatoms. The second-order valence-corrected chi connectivity index (χ2v) is 7.28. The normalized spacial score (nSPS) is 12.7. The van der Waals surface area contributed by atoms with E-state index in [9.17, 15) is 4.79 Å². The van der Waals surface area contributed by atoms with E-state index < -0.39 is 0 Å². The Bertz CT molecular complexity index is 941. The van der Waals surface area contributed by atoms with Crippen LogP contribution in [-0.4, -0.2) is 36.1 Å². The number of carbonyl (C=O) groups excluding carboxylic acids is 1. The van der Waals surface area contributed by atoms with Gasteiger partial charge in [-0.2, -0.15) is 0 Å². The van der Waals surface area contributed by atoms with Crippen LogP contribution in [0, 0.1) is 0 Å². The molecule has 0 saturated heterocycles. The highest BCUT2D eigenvalue weighted by atomic mass is 16.5. The Morgan fingerprint density at radius 1 is 1.24 bits per heavy atom. The van der Waals surface area contributed by atoms with Gasteiger partial charge in [0.1, 0.15) is 5.75 Å². The number of hydrogen-bond acceptors (Lipinski definition) is 4. The van der Waals surface area contributed by atoms with Gasteiger partial charge in [0.05, 0.1) is 25.2 Å². The van der Waals surface area contributed by atoms with Crippen molar-refractivity contribution in [2.75, 3.05) is 30.0 Å². The maximum absolute atomic E-state index is 12.6. The Labute approximate surface area is 171 Å². The zero-order valence-electron chi connectivity index (χ0n) is 16.7. The summed E-state index contributed by atoms with van der Waals surface area (Å²) in [5.41, 5.74) is 4.54. The molecule has 2 aromatic carbocycles. The van der Waals surface area contributed by atoms with E-state index in [4.69, 9.17) is 4.74 Å². The highest BCUT2D eigenvalue weighted by molar-refractivity contribution is 5.93. The van der Waals surface area contributed by atoms with Gasteiger partial charge in [-0.05, 0) is 42.7 Å². The van der Waals surface area contributed by atoms with Crippen molar-refractivity contribution in [3.8, 4) is 5.75 Å². The number of aromatic nitrogens is 2. The third-order valence-electron chi connectivity index (χ3n) is 5.28. The summed E-state index contributed by atoms with van der Waals surface area (Å²) in [6, 6.07) is 16.0. The van der Waals surface area contributed by atoms with Crippen molar-refractivity contribution in [1.29, 1.82) is 0 Å². The van der Waals surface area contributed by atoms with Crippen molar-refractivity contribution in [2.24, 2.45) is 0 Å². The first kappa shape index (κ1) is 19.1. The lowest BCUT2D eigenvalue weighted by molar-refractivity contribution is -0.118. The second-order valence-electron chi connectivity index (χ2n) is 7.28. The first-order valence-corrected chi connectivity index (χ1v) is 10.0. The summed E-state index contributed by atoms with van der Waals surface area (Å²) in [5.74, 6) is 0.934. The smallest absolute Gasteiger partial charge is 0.226 e. The average Bonchev–Trinajstić information content (AvgIpc) is 3.41. The summed E-state index contributed by atoms with van der Waals surface area (Å²) in [6.45, 7) is 2.31. The van der Waals surface area contributed by atoms with Crippen molar-refractivity contribution in [1.82, 2.24) is 9.97 Å². The quantitative estimate of drug-likeness (QED) is 0.595. The number of aromatic amines is 1. The van der Waals surface area contributed by atoms with Gasteiger partial charge in [0, 0.05) is 37.6 Å². The van der Waals surface area contributed by atoms with Gasteiger partial charge in [0.2, 0.25) is 5.91 Å². The molecule has 0 radical (unpaired) electrons. The van der Waals surface area contributed by atoms with Crippen LogP contribution in [-0.2, 0) is 17.8 Å². The summed E-state index contributed by atoms with van der Waals surface area (Å²) >= 11 is 0. The highest BCUT2D eigenvalue weighted by Crippen LogP contribution is 2.33. The van der Waals surface area contributed by atoms with Crippen LogP contribution in [0.15, 0.2) is 61.1 Å². The molecule has 0 unspecified atom stereocenters. The zero-order valence-corrected chi connectivity index (χ0v) is 16.7. The van der Waals surface area contributed by atoms with E-state index in [1.54, 1.807) is 11.2 Å². The van der Waals surface area contributed by atoms with Gasteiger partial charge in [-0.1, -0.05) is 24.3 Å². The Morgan fingerprint density at radius 2 is 2.10 bits per heavy atom. The minimum atomic E-state index is 0.0970. The molecule has 0 fully saturated rings. The second kappa shape index (κ2) is 8.82. The summed E-state index contributed by atoms with van der Waals surface area (Å²) in [4.78, 5) is 24.0. The number of anilines is 2. The summed E-state index contributed by atoms with van der Waals surface area (Å²) in [6.07, 6.45) is 5.73. The van der Waals surface area contributed by atoms with E-state index in [-0.39, 0.29) is 5.91 Å². The number of benzene rings is 2. The van der Waals surface area contributed by atoms with Crippen LogP contribution in [0.5, 0.6) is 5.75 Å². The monoisotopic (exact) mass is 390 g/mol. The van der Waals surface area contributed by atoms with Crippen molar-refractivity contribution < 1.29 is 9.53 Å². The van der Waals surface area contributed by atoms with E-state index >= 15 is 0 Å². The van der Waals surface area contributed by atoms with Gasteiger partial charge in [-0.3, -0.25) is 4.79 Å². The largest absolute Gasteiger partial charge is 0.494 e. The fourth-order valence-corrected chi connectivity index (χ4v) is 3.63. The first-order chi connectivity index (χ1) is 14.2. The van der Waals surface area contributed by atoms with E-state index in [1.807, 2.05) is 49.6 Å². The number of nitrogens with one attached hydrogen (secondary N) is 1. The van der Waals surface area contributed by atoms with Gasteiger partial charge in [-0.15, -0.1) is 0 Å². The molecule has 0 atom stereocenters. The Kier molecular flexibility index (Phi) is 5.79. The van der Waals surface area contributed by atoms with Crippen LogP contribution in [0.3, 0.4) is 0 Å². The zero-order chi connectivity index (χ0) is 20.1. The SMILES string of the molecule is CN(C(=O)CCCOc1ccccc1)c1ccc2c(c1)N(Cc1cnc[nH]1)CC2. The Balaban J connectivity index is 1.33. The molecule has 1 N–H and O–H groups in total. The number of ether oxygens (including phenoxy) is 1. The minimum absolute atomic E-state index is 0.0970. The van der Waals surface area contributed by atoms with Crippen LogP contribution < -0.4 is 14.5 Å². The van der Waals surface area contributed by atoms with Gasteiger partial charge in [0.25, 0.3) is 0 Å². The lowest BCUT2D eigenvalue weighted by atomic mass is 10.1. The van der Waals surface area contributed by atoms with Crippen LogP contribution in [0.4, 0.5) is 11.4 Å². The van der Waals surface area contributed by atoms with Crippen molar-refractivity contribution in [3.63, 3.8) is 0 Å². The fourth-order valence-electron chi connectivity index (χ4n) is 3.63. The van der Waals surface area contributed by atoms with Crippen LogP contribution >= 0.6 is 0 Å². The predicted molar refractivity (Wildman–Crippen MR) is 114 cm³/mol. The highest BCUT2D eigenvalue weighted by Gasteiger charge is 2.21. The number of nitrogens with zero attached hydrogens (tertiary/aromatic N) is 3. The number of amides is 1. The number of hydrogen-bond donors (Lipinski definition) is 1. The van der Waals surface area contributed by atoms with E-state index in [2.05, 4.69) is 27.0 Å². The van der Waals surface area contributed by atoms with E-state index in [0.29, 0.717) is 19.4 Å². The number of para-hydroxylation sites is 1. The van der Waals surface area contributed by atoms with Crippen LogP contribution in [0.1, 0.15) is 24.1 Å². The molecule has 0 aliphatic carbocycles. The average molecular weight is 390 g/mol. The molecule has 6 nitrogen and oxygen atoms in total. The van der Waals surface area contributed by atoms with Crippen LogP contribution in [0.2, 0.25) is 0 Å². The molecule has 0 saturated carbocycles. The molecule has 29 heavy (non-hydrogen) atoms. The molecule has 150 valence electrons. The molecule has 0 bridgehead atoms. The standard InChI is InChI=1S/C23H26N4O2/c1-26(23(28)8-5-13-29-21-6-3-2-4-7-21)20-10-9-18-11-12-27(22(18)14-20)16-19-15-24-17-25-19/h2-4,6-7,9-10,14-15,17H,5,8,11-13,16H2,1H3,(H,24,25). The van der Waals surface area contributed by atoms with Crippen molar-refractivity contribution in [2.45, 2.75) is 25.8 Å². The van der Waals surface area contributed by atoms with E-state index in [0.717, 1.165) is 36.6 Å². The molecule has 2 heterocycles. The van der Waals surface area contributed by atoms with Gasteiger partial charge >= 0.3 is 0 Å². The summed E-state index contributed by atoms with van der Waals surface area (Å²) in [7, 11) is 1.84. The number of fused-ring (bicyclic) bond motifs is 1. The molecule has 3 aromatic rings. The molecule has 4 rings (SSSR count). The third-order valence-corrected chi connectivity index (χ3v) is 5.28. The summed E-state index contributed by atoms with van der Waals surface area (Å²) < 4.78 is 5.68. The minimum Gasteiger partial charge on any atom is -0.494 e. The number of rotatable bonds is 8. The first-order valence-electron chi connectivity index (χ1n) is 10.0.